The van der Waals surface area contributed by atoms with Crippen molar-refractivity contribution in [3.63, 3.8) is 0 Å². The van der Waals surface area contributed by atoms with E-state index in [9.17, 15) is 8.42 Å². The molecule has 0 spiro atoms. The summed E-state index contributed by atoms with van der Waals surface area (Å²) >= 11 is 17.1. The normalized spacial score (nSPS) is 12.6. The van der Waals surface area contributed by atoms with E-state index in [0.717, 1.165) is 6.26 Å². The number of halogens is 3. The number of oxime groups is 1. The second kappa shape index (κ2) is 5.23. The van der Waals surface area contributed by atoms with Crippen molar-refractivity contribution in [3.8, 4) is 0 Å². The molecule has 0 aliphatic rings. The maximum Gasteiger partial charge on any atom is 0.325 e. The van der Waals surface area contributed by atoms with Gasteiger partial charge >= 0.3 is 10.1 Å². The van der Waals surface area contributed by atoms with Crippen LogP contribution in [0.4, 0.5) is 0 Å². The maximum absolute atomic E-state index is 10.7. The summed E-state index contributed by atoms with van der Waals surface area (Å²) in [6.07, 6.45) is 0.857. The first kappa shape index (κ1) is 13.6. The fraction of sp³-hybridized carbons (Fsp3) is 0.125. The maximum atomic E-state index is 10.7. The topological polar surface area (TPSA) is 55.7 Å². The lowest BCUT2D eigenvalue weighted by molar-refractivity contribution is 0.344. The van der Waals surface area contributed by atoms with E-state index < -0.39 is 10.1 Å². The summed E-state index contributed by atoms with van der Waals surface area (Å²) in [6, 6.07) is 4.49. The molecule has 0 amide bonds. The molecule has 8 heteroatoms. The van der Waals surface area contributed by atoms with Gasteiger partial charge in [0.15, 0.2) is 5.17 Å². The molecule has 4 nitrogen and oxygen atoms in total. The zero-order valence-corrected chi connectivity index (χ0v) is 11.0. The van der Waals surface area contributed by atoms with Crippen LogP contribution in [0.15, 0.2) is 23.4 Å². The minimum atomic E-state index is -3.68. The molecular formula is C8H6Cl3NO3S. The molecule has 0 saturated heterocycles. The predicted molar refractivity (Wildman–Crippen MR) is 64.8 cm³/mol. The van der Waals surface area contributed by atoms with Crippen LogP contribution in [-0.2, 0) is 14.4 Å². The van der Waals surface area contributed by atoms with Gasteiger partial charge in [0.25, 0.3) is 0 Å². The van der Waals surface area contributed by atoms with Gasteiger partial charge in [-0.05, 0) is 12.1 Å². The van der Waals surface area contributed by atoms with Gasteiger partial charge in [0.1, 0.15) is 0 Å². The summed E-state index contributed by atoms with van der Waals surface area (Å²) in [4.78, 5) is 0. The van der Waals surface area contributed by atoms with E-state index in [-0.39, 0.29) is 10.2 Å². The summed E-state index contributed by atoms with van der Waals surface area (Å²) in [5.41, 5.74) is 0.403. The Morgan fingerprint density at radius 2 is 1.94 bits per heavy atom. The molecule has 0 heterocycles. The van der Waals surface area contributed by atoms with E-state index in [1.807, 2.05) is 0 Å². The molecule has 0 aromatic heterocycles. The molecule has 0 aliphatic carbocycles. The quantitative estimate of drug-likeness (QED) is 0.637. The molecule has 0 unspecified atom stereocenters. The van der Waals surface area contributed by atoms with Crippen LogP contribution in [0.3, 0.4) is 0 Å². The molecule has 0 saturated carbocycles. The Balaban J connectivity index is 2.96. The monoisotopic (exact) mass is 301 g/mol. The third-order valence-electron chi connectivity index (χ3n) is 1.41. The highest BCUT2D eigenvalue weighted by Gasteiger charge is 2.06. The van der Waals surface area contributed by atoms with Gasteiger partial charge in [0, 0.05) is 5.56 Å². The van der Waals surface area contributed by atoms with Gasteiger partial charge in [-0.3, -0.25) is 4.28 Å². The van der Waals surface area contributed by atoms with Gasteiger partial charge in [-0.1, -0.05) is 46.0 Å². The summed E-state index contributed by atoms with van der Waals surface area (Å²) in [5.74, 6) is 0. The highest BCUT2D eigenvalue weighted by atomic mass is 35.5. The Labute approximate surface area is 108 Å². The van der Waals surface area contributed by atoms with Gasteiger partial charge in [0.05, 0.1) is 16.3 Å². The second-order valence-corrected chi connectivity index (χ2v) is 5.52. The van der Waals surface area contributed by atoms with Crippen molar-refractivity contribution in [2.45, 2.75) is 0 Å². The molecule has 0 atom stereocenters. The Morgan fingerprint density at radius 3 is 2.44 bits per heavy atom. The van der Waals surface area contributed by atoms with E-state index >= 15 is 0 Å². The Bertz CT molecular complexity index is 527. The van der Waals surface area contributed by atoms with Crippen LogP contribution in [0.25, 0.3) is 0 Å². The van der Waals surface area contributed by atoms with Crippen molar-refractivity contribution in [2.24, 2.45) is 5.16 Å². The van der Waals surface area contributed by atoms with Gasteiger partial charge in [0.2, 0.25) is 0 Å². The first-order chi connectivity index (χ1) is 7.29. The minimum absolute atomic E-state index is 0.135. The zero-order valence-electron chi connectivity index (χ0n) is 7.95. The van der Waals surface area contributed by atoms with Crippen LogP contribution in [0, 0.1) is 0 Å². The van der Waals surface area contributed by atoms with Crippen LogP contribution < -0.4 is 0 Å². The summed E-state index contributed by atoms with van der Waals surface area (Å²) < 4.78 is 25.5. The van der Waals surface area contributed by atoms with E-state index in [4.69, 9.17) is 34.8 Å². The molecule has 0 bridgehead atoms. The summed E-state index contributed by atoms with van der Waals surface area (Å²) in [5, 5.41) is 3.74. The van der Waals surface area contributed by atoms with Crippen LogP contribution in [0.5, 0.6) is 0 Å². The van der Waals surface area contributed by atoms with Crippen LogP contribution >= 0.6 is 34.8 Å². The predicted octanol–water partition coefficient (Wildman–Crippen LogP) is 2.87. The van der Waals surface area contributed by atoms with Gasteiger partial charge in [-0.15, -0.1) is 0 Å². The molecule has 0 radical (unpaired) electrons. The number of hydrogen-bond acceptors (Lipinski definition) is 4. The van der Waals surface area contributed by atoms with Crippen LogP contribution in [-0.4, -0.2) is 19.8 Å². The highest BCUT2D eigenvalue weighted by molar-refractivity contribution is 7.85. The third kappa shape index (κ3) is 4.17. The molecule has 0 fully saturated rings. The third-order valence-corrected chi connectivity index (χ3v) is 2.78. The lowest BCUT2D eigenvalue weighted by Crippen LogP contribution is -2.00. The smallest absolute Gasteiger partial charge is 0.267 e. The number of nitrogens with zero attached hydrogens (tertiary/aromatic N) is 1. The average Bonchev–Trinajstić information content (AvgIpc) is 2.17. The molecule has 88 valence electrons. The van der Waals surface area contributed by atoms with Gasteiger partial charge in [-0.2, -0.15) is 8.42 Å². The highest BCUT2D eigenvalue weighted by Crippen LogP contribution is 2.23. The first-order valence-electron chi connectivity index (χ1n) is 3.87. The number of hydrogen-bond donors (Lipinski definition) is 0. The summed E-state index contributed by atoms with van der Waals surface area (Å²) in [7, 11) is -3.68. The van der Waals surface area contributed by atoms with Crippen LogP contribution in [0.1, 0.15) is 5.56 Å². The summed E-state index contributed by atoms with van der Waals surface area (Å²) in [6.45, 7) is 0. The van der Waals surface area contributed by atoms with Crippen molar-refractivity contribution in [3.05, 3.63) is 33.8 Å². The lowest BCUT2D eigenvalue weighted by Gasteiger charge is -2.00. The van der Waals surface area contributed by atoms with Crippen molar-refractivity contribution < 1.29 is 12.7 Å². The zero-order chi connectivity index (χ0) is 12.3. The fourth-order valence-electron chi connectivity index (χ4n) is 0.778. The van der Waals surface area contributed by atoms with E-state index in [2.05, 4.69) is 9.44 Å². The molecule has 16 heavy (non-hydrogen) atoms. The van der Waals surface area contributed by atoms with Crippen molar-refractivity contribution in [1.29, 1.82) is 0 Å². The van der Waals surface area contributed by atoms with E-state index in [1.165, 1.54) is 18.2 Å². The largest absolute Gasteiger partial charge is 0.325 e. The SMILES string of the molecule is CS(=O)(=O)ON=C(Cl)c1ccc(Cl)c(Cl)c1. The lowest BCUT2D eigenvalue weighted by atomic mass is 10.2. The van der Waals surface area contributed by atoms with E-state index in [1.54, 1.807) is 0 Å². The van der Waals surface area contributed by atoms with Crippen molar-refractivity contribution >= 4 is 50.1 Å². The number of rotatable bonds is 3. The van der Waals surface area contributed by atoms with Gasteiger partial charge in [-0.25, -0.2) is 0 Å². The van der Waals surface area contributed by atoms with Crippen molar-refractivity contribution in [1.82, 2.24) is 0 Å². The standard InChI is InChI=1S/C8H6Cl3NO3S/c1-16(13,14)15-12-8(11)5-2-3-6(9)7(10)4-5/h2-4H,1H3. The van der Waals surface area contributed by atoms with E-state index in [0.29, 0.717) is 10.6 Å². The molecule has 1 rings (SSSR count). The number of benzene rings is 1. The van der Waals surface area contributed by atoms with Crippen molar-refractivity contribution in [2.75, 3.05) is 6.26 Å². The minimum Gasteiger partial charge on any atom is -0.267 e. The Kier molecular flexibility index (Phi) is 4.43. The first-order valence-corrected chi connectivity index (χ1v) is 6.82. The second-order valence-electron chi connectivity index (χ2n) is 2.79. The van der Waals surface area contributed by atoms with Gasteiger partial charge < -0.3 is 0 Å². The molecule has 0 aliphatic heterocycles. The molecule has 1 aromatic rings. The molecular weight excluding hydrogens is 297 g/mol. The fourth-order valence-corrected chi connectivity index (χ4v) is 1.48. The molecule has 0 N–H and O–H groups in total. The average molecular weight is 303 g/mol. The Hall–Kier alpha value is -0.490. The molecule has 1 aromatic carbocycles. The van der Waals surface area contributed by atoms with Crippen LogP contribution in [0.2, 0.25) is 10.0 Å². The Morgan fingerprint density at radius 1 is 1.31 bits per heavy atom.